The summed E-state index contributed by atoms with van der Waals surface area (Å²) in [5.41, 5.74) is 8.54. The summed E-state index contributed by atoms with van der Waals surface area (Å²) in [6.07, 6.45) is 14.0. The Bertz CT molecular complexity index is 1630. The van der Waals surface area contributed by atoms with Crippen LogP contribution in [0.15, 0.2) is 36.4 Å². The Balaban J connectivity index is 1.27. The number of fused-ring (bicyclic) bond motifs is 3. The van der Waals surface area contributed by atoms with Crippen LogP contribution in [0.3, 0.4) is 0 Å². The Morgan fingerprint density at radius 3 is 2.93 bits per heavy atom. The molecule has 8 nitrogen and oxygen atoms in total. The highest BCUT2D eigenvalue weighted by atomic mass is 19.1. The van der Waals surface area contributed by atoms with E-state index in [-0.39, 0.29) is 17.7 Å². The van der Waals surface area contributed by atoms with Crippen LogP contribution in [0.5, 0.6) is 6.01 Å². The zero-order valence-corrected chi connectivity index (χ0v) is 23.9. The van der Waals surface area contributed by atoms with E-state index in [0.29, 0.717) is 36.7 Å². The molecule has 2 aromatic carbocycles. The predicted octanol–water partition coefficient (Wildman–Crippen LogP) is 4.28. The molecule has 3 unspecified atom stereocenters. The molecule has 218 valence electrons. The molecule has 1 aromatic heterocycles. The van der Waals surface area contributed by atoms with Crippen molar-refractivity contribution in [3.05, 3.63) is 64.6 Å². The smallest absolute Gasteiger partial charge is 0.318 e. The van der Waals surface area contributed by atoms with E-state index in [1.165, 1.54) is 6.07 Å². The monoisotopic (exact) mass is 569 g/mol. The Morgan fingerprint density at radius 1 is 1.24 bits per heavy atom. The van der Waals surface area contributed by atoms with E-state index in [1.54, 1.807) is 12.1 Å². The van der Waals surface area contributed by atoms with Crippen LogP contribution in [0.4, 0.5) is 15.9 Å². The van der Waals surface area contributed by atoms with Gasteiger partial charge in [0.1, 0.15) is 18.2 Å². The molecule has 0 bridgehead atoms. The molecule has 5 heterocycles. The van der Waals surface area contributed by atoms with Gasteiger partial charge in [0.25, 0.3) is 0 Å². The number of anilines is 2. The molecular weight excluding hydrogens is 533 g/mol. The van der Waals surface area contributed by atoms with Crippen LogP contribution in [-0.4, -0.2) is 63.9 Å². The highest BCUT2D eigenvalue weighted by Crippen LogP contribution is 2.41. The average molecular weight is 570 g/mol. The summed E-state index contributed by atoms with van der Waals surface area (Å²) in [6, 6.07) is 7.01. The minimum Gasteiger partial charge on any atom is -0.461 e. The van der Waals surface area contributed by atoms with E-state index in [9.17, 15) is 9.50 Å². The fraction of sp³-hybridized carbons (Fsp3) is 0.455. The summed E-state index contributed by atoms with van der Waals surface area (Å²) < 4.78 is 27.6. The molecule has 2 fully saturated rings. The second-order valence-corrected chi connectivity index (χ2v) is 12.4. The lowest BCUT2D eigenvalue weighted by atomic mass is 9.91. The van der Waals surface area contributed by atoms with Gasteiger partial charge in [0.05, 0.1) is 35.1 Å². The number of aliphatic hydroxyl groups is 1. The number of nitrogens with two attached hydrogens (primary N) is 1. The van der Waals surface area contributed by atoms with Gasteiger partial charge in [0.2, 0.25) is 0 Å². The van der Waals surface area contributed by atoms with E-state index in [0.717, 1.165) is 73.3 Å². The van der Waals surface area contributed by atoms with Crippen LogP contribution >= 0.6 is 0 Å². The summed E-state index contributed by atoms with van der Waals surface area (Å²) >= 11 is 0. The third-order valence-corrected chi connectivity index (χ3v) is 9.32. The summed E-state index contributed by atoms with van der Waals surface area (Å²) in [5, 5.41) is 12.3. The number of benzene rings is 2. The van der Waals surface area contributed by atoms with E-state index >= 15 is 0 Å². The van der Waals surface area contributed by atoms with Crippen molar-refractivity contribution < 1.29 is 19.0 Å². The number of hydrogen-bond donors (Lipinski definition) is 2. The van der Waals surface area contributed by atoms with Gasteiger partial charge in [-0.25, -0.2) is 4.39 Å². The van der Waals surface area contributed by atoms with Gasteiger partial charge in [-0.15, -0.1) is 6.42 Å². The predicted molar refractivity (Wildman–Crippen MR) is 160 cm³/mol. The number of terminal acetylenes is 1. The second-order valence-electron chi connectivity index (χ2n) is 12.4. The molecule has 0 aliphatic carbocycles. The lowest BCUT2D eigenvalue weighted by Crippen LogP contribution is -2.47. The number of nitrogen functional groups attached to an aromatic ring is 1. The van der Waals surface area contributed by atoms with Gasteiger partial charge in [-0.2, -0.15) is 9.97 Å². The molecule has 3 N–H and O–H groups in total. The second kappa shape index (κ2) is 10.2. The highest BCUT2D eigenvalue weighted by molar-refractivity contribution is 5.94. The zero-order chi connectivity index (χ0) is 29.1. The molecule has 4 aliphatic rings. The van der Waals surface area contributed by atoms with Crippen molar-refractivity contribution in [2.45, 2.75) is 62.9 Å². The van der Waals surface area contributed by atoms with Crippen molar-refractivity contribution in [1.82, 2.24) is 14.9 Å². The highest BCUT2D eigenvalue weighted by Gasteiger charge is 2.42. The van der Waals surface area contributed by atoms with Crippen LogP contribution in [0, 0.1) is 18.2 Å². The molecular formula is C33H36FN5O3. The molecule has 42 heavy (non-hydrogen) atoms. The van der Waals surface area contributed by atoms with Gasteiger partial charge in [-0.1, -0.05) is 24.1 Å². The van der Waals surface area contributed by atoms with Crippen LogP contribution in [0.25, 0.3) is 10.8 Å². The van der Waals surface area contributed by atoms with Gasteiger partial charge < -0.3 is 25.2 Å². The van der Waals surface area contributed by atoms with Gasteiger partial charge in [0.15, 0.2) is 0 Å². The first-order valence-electron chi connectivity index (χ1n) is 14.8. The Kier molecular flexibility index (Phi) is 6.61. The molecule has 0 radical (unpaired) electrons. The largest absolute Gasteiger partial charge is 0.461 e. The van der Waals surface area contributed by atoms with Crippen molar-refractivity contribution in [2.75, 3.05) is 43.4 Å². The van der Waals surface area contributed by atoms with E-state index in [2.05, 4.69) is 27.9 Å². The first kappa shape index (κ1) is 27.1. The number of aromatic nitrogens is 2. The van der Waals surface area contributed by atoms with Crippen molar-refractivity contribution >= 4 is 22.3 Å². The van der Waals surface area contributed by atoms with E-state index in [1.807, 2.05) is 13.0 Å². The Morgan fingerprint density at radius 2 is 2.10 bits per heavy atom. The van der Waals surface area contributed by atoms with Crippen LogP contribution in [0.2, 0.25) is 0 Å². The molecule has 0 saturated carbocycles. The summed E-state index contributed by atoms with van der Waals surface area (Å²) in [5.74, 6) is 2.82. The quantitative estimate of drug-likeness (QED) is 0.267. The topological polar surface area (TPSA) is 97.0 Å². The fourth-order valence-corrected chi connectivity index (χ4v) is 7.27. The zero-order valence-electron chi connectivity index (χ0n) is 23.9. The molecule has 2 saturated heterocycles. The molecule has 9 heteroatoms. The van der Waals surface area contributed by atoms with Crippen LogP contribution < -0.4 is 15.4 Å². The summed E-state index contributed by atoms with van der Waals surface area (Å²) in [6.45, 7) is 5.83. The van der Waals surface area contributed by atoms with Crippen LogP contribution in [-0.2, 0) is 17.8 Å². The first-order valence-corrected chi connectivity index (χ1v) is 14.8. The SMILES string of the molecule is C#Cc1c(F)ccc2cc(N)cc(C3Cc4nc(OCC56C=CCN5CCC6)nc(N5CCCC(C)(O)C5)c4CO3)c12. The van der Waals surface area contributed by atoms with Crippen molar-refractivity contribution in [2.24, 2.45) is 0 Å². The number of β-amino-alcohol motifs (C(OH)–C–C–N with tert-alkyl or cyclic N) is 1. The number of halogens is 1. The number of hydrogen-bond acceptors (Lipinski definition) is 8. The van der Waals surface area contributed by atoms with E-state index in [4.69, 9.17) is 31.6 Å². The first-order chi connectivity index (χ1) is 20.2. The third-order valence-electron chi connectivity index (χ3n) is 9.32. The van der Waals surface area contributed by atoms with Gasteiger partial charge in [-0.3, -0.25) is 4.90 Å². The van der Waals surface area contributed by atoms with Crippen molar-refractivity contribution in [1.29, 1.82) is 0 Å². The number of nitrogens with zero attached hydrogens (tertiary/aromatic N) is 4. The maximum Gasteiger partial charge on any atom is 0.318 e. The van der Waals surface area contributed by atoms with Gasteiger partial charge in [0, 0.05) is 42.7 Å². The van der Waals surface area contributed by atoms with E-state index < -0.39 is 17.5 Å². The molecule has 4 aliphatic heterocycles. The number of piperidine rings is 1. The maximum absolute atomic E-state index is 14.8. The molecule has 0 amide bonds. The molecule has 3 aromatic rings. The van der Waals surface area contributed by atoms with Gasteiger partial charge in [-0.05, 0) is 68.3 Å². The number of ether oxygens (including phenoxy) is 2. The Hall–Kier alpha value is -3.71. The maximum atomic E-state index is 14.8. The fourth-order valence-electron chi connectivity index (χ4n) is 7.27. The standard InChI is InChI=1S/C33H36FN5O3/c1-3-23-26(34)8-7-21-15-22(35)16-24(29(21)23)28-17-27-25(18-41-28)30(38-12-4-9-32(2,40)19-38)37-31(36-27)42-20-33-10-5-13-39(33)14-6-11-33/h1,5,7-8,10,15-16,28,40H,4,6,9,11-14,17-20,35H2,2H3. The lowest BCUT2D eigenvalue weighted by molar-refractivity contribution is 0.0253. The summed E-state index contributed by atoms with van der Waals surface area (Å²) in [4.78, 5) is 14.4. The van der Waals surface area contributed by atoms with Crippen molar-refractivity contribution in [3.63, 3.8) is 0 Å². The minimum absolute atomic E-state index is 0.115. The summed E-state index contributed by atoms with van der Waals surface area (Å²) in [7, 11) is 0. The average Bonchev–Trinajstić information content (AvgIpc) is 3.55. The lowest BCUT2D eigenvalue weighted by Gasteiger charge is -2.39. The third kappa shape index (κ3) is 4.68. The minimum atomic E-state index is -0.816. The molecule has 0 spiro atoms. The molecule has 7 rings (SSSR count). The van der Waals surface area contributed by atoms with Gasteiger partial charge >= 0.3 is 6.01 Å². The Labute approximate surface area is 245 Å². The van der Waals surface area contributed by atoms with Crippen LogP contribution in [0.1, 0.15) is 61.1 Å². The number of rotatable bonds is 5. The molecule has 3 atom stereocenters. The normalized spacial score (nSPS) is 27.2. The van der Waals surface area contributed by atoms with Crippen molar-refractivity contribution in [3.8, 4) is 18.4 Å².